The second-order valence-electron chi connectivity index (χ2n) is 2.84. The Kier molecular flexibility index (Phi) is 4.26. The van der Waals surface area contributed by atoms with Gasteiger partial charge < -0.3 is 9.47 Å². The molecule has 0 aliphatic heterocycles. The number of methoxy groups -OCH3 is 2. The average Bonchev–Trinajstić information content (AvgIpc) is 2.17. The fourth-order valence-corrected chi connectivity index (χ4v) is 2.07. The highest BCUT2D eigenvalue weighted by molar-refractivity contribution is 9.10. The minimum atomic E-state index is 0.250. The fraction of sp³-hybridized carbons (Fsp3) is 0.400. The number of hydrogen-bond donors (Lipinski definition) is 0. The predicted octanol–water partition coefficient (Wildman–Crippen LogP) is 3.92. The Morgan fingerprint density at radius 1 is 1.14 bits per heavy atom. The molecule has 1 unspecified atom stereocenters. The fourth-order valence-electron chi connectivity index (χ4n) is 1.19. The Balaban J connectivity index is 3.24. The molecule has 0 fully saturated rings. The lowest BCUT2D eigenvalue weighted by Crippen LogP contribution is -1.94. The van der Waals surface area contributed by atoms with Gasteiger partial charge >= 0.3 is 0 Å². The Morgan fingerprint density at radius 3 is 2.14 bits per heavy atom. The smallest absolute Gasteiger partial charge is 0.136 e. The summed E-state index contributed by atoms with van der Waals surface area (Å²) in [5, 5.41) is 0. The van der Waals surface area contributed by atoms with Crippen molar-refractivity contribution in [2.24, 2.45) is 0 Å². The van der Waals surface area contributed by atoms with Crippen LogP contribution < -0.4 is 9.47 Å². The largest absolute Gasteiger partial charge is 0.496 e. The highest BCUT2D eigenvalue weighted by atomic mass is 79.9. The first-order valence-electron chi connectivity index (χ1n) is 4.15. The zero-order chi connectivity index (χ0) is 10.7. The van der Waals surface area contributed by atoms with Gasteiger partial charge in [0.1, 0.15) is 11.5 Å². The van der Waals surface area contributed by atoms with Crippen LogP contribution >= 0.6 is 31.9 Å². The van der Waals surface area contributed by atoms with Crippen LogP contribution in [0.4, 0.5) is 0 Å². The van der Waals surface area contributed by atoms with Crippen LogP contribution in [0.25, 0.3) is 0 Å². The molecule has 0 heterocycles. The SMILES string of the molecule is COc1cc(OC)c(C(C)Br)cc1Br. The highest BCUT2D eigenvalue weighted by Crippen LogP contribution is 2.38. The molecular formula is C10H12Br2O2. The topological polar surface area (TPSA) is 18.5 Å². The molecule has 0 N–H and O–H groups in total. The molecular weight excluding hydrogens is 312 g/mol. The van der Waals surface area contributed by atoms with Crippen molar-refractivity contribution in [2.45, 2.75) is 11.8 Å². The van der Waals surface area contributed by atoms with Gasteiger partial charge in [0.25, 0.3) is 0 Å². The Labute approximate surface area is 101 Å². The van der Waals surface area contributed by atoms with Crippen LogP contribution in [-0.2, 0) is 0 Å². The first-order valence-corrected chi connectivity index (χ1v) is 5.86. The van der Waals surface area contributed by atoms with Gasteiger partial charge in [0.2, 0.25) is 0 Å². The van der Waals surface area contributed by atoms with Gasteiger partial charge in [-0.25, -0.2) is 0 Å². The zero-order valence-corrected chi connectivity index (χ0v) is 11.5. The second-order valence-corrected chi connectivity index (χ2v) is 5.07. The lowest BCUT2D eigenvalue weighted by molar-refractivity contribution is 0.389. The van der Waals surface area contributed by atoms with Crippen LogP contribution in [0.3, 0.4) is 0 Å². The molecule has 0 spiro atoms. The molecule has 2 nitrogen and oxygen atoms in total. The van der Waals surface area contributed by atoms with Gasteiger partial charge in [0.15, 0.2) is 0 Å². The Bertz CT molecular complexity index is 324. The van der Waals surface area contributed by atoms with Gasteiger partial charge in [-0.05, 0) is 28.9 Å². The van der Waals surface area contributed by atoms with E-state index in [0.29, 0.717) is 0 Å². The summed E-state index contributed by atoms with van der Waals surface area (Å²) in [6, 6.07) is 3.87. The Hall–Kier alpha value is -0.220. The molecule has 1 aromatic carbocycles. The van der Waals surface area contributed by atoms with Crippen molar-refractivity contribution < 1.29 is 9.47 Å². The summed E-state index contributed by atoms with van der Waals surface area (Å²) in [6.45, 7) is 2.05. The standard InChI is InChI=1S/C10H12Br2O2/c1-6(11)7-4-8(12)10(14-3)5-9(7)13-2/h4-6H,1-3H3. The van der Waals surface area contributed by atoms with Crippen LogP contribution in [0, 0.1) is 0 Å². The maximum atomic E-state index is 5.27. The van der Waals surface area contributed by atoms with Gasteiger partial charge in [0.05, 0.1) is 18.7 Å². The van der Waals surface area contributed by atoms with Crippen molar-refractivity contribution in [1.29, 1.82) is 0 Å². The number of halogens is 2. The molecule has 0 radical (unpaired) electrons. The molecule has 1 atom stereocenters. The van der Waals surface area contributed by atoms with E-state index in [2.05, 4.69) is 38.8 Å². The second kappa shape index (κ2) is 5.03. The molecule has 0 amide bonds. The lowest BCUT2D eigenvalue weighted by Gasteiger charge is -2.13. The third kappa shape index (κ3) is 2.42. The van der Waals surface area contributed by atoms with Crippen LogP contribution in [0.5, 0.6) is 11.5 Å². The Morgan fingerprint density at radius 2 is 1.71 bits per heavy atom. The summed E-state index contributed by atoms with van der Waals surface area (Å²) < 4.78 is 11.4. The van der Waals surface area contributed by atoms with E-state index in [-0.39, 0.29) is 4.83 Å². The minimum Gasteiger partial charge on any atom is -0.496 e. The van der Waals surface area contributed by atoms with Gasteiger partial charge in [-0.1, -0.05) is 15.9 Å². The van der Waals surface area contributed by atoms with Crippen molar-refractivity contribution in [3.05, 3.63) is 22.2 Å². The van der Waals surface area contributed by atoms with Gasteiger partial charge in [-0.15, -0.1) is 0 Å². The quantitative estimate of drug-likeness (QED) is 0.785. The highest BCUT2D eigenvalue weighted by Gasteiger charge is 2.12. The first-order chi connectivity index (χ1) is 6.60. The molecule has 0 aliphatic rings. The minimum absolute atomic E-state index is 0.250. The van der Waals surface area contributed by atoms with E-state index in [0.717, 1.165) is 21.5 Å². The summed E-state index contributed by atoms with van der Waals surface area (Å²) in [6.07, 6.45) is 0. The molecule has 1 aromatic rings. The molecule has 0 bridgehead atoms. The molecule has 4 heteroatoms. The van der Waals surface area contributed by atoms with Crippen LogP contribution in [0.15, 0.2) is 16.6 Å². The van der Waals surface area contributed by atoms with E-state index >= 15 is 0 Å². The zero-order valence-electron chi connectivity index (χ0n) is 8.30. The summed E-state index contributed by atoms with van der Waals surface area (Å²) in [4.78, 5) is 0.250. The van der Waals surface area contributed by atoms with E-state index in [9.17, 15) is 0 Å². The van der Waals surface area contributed by atoms with Crippen molar-refractivity contribution >= 4 is 31.9 Å². The summed E-state index contributed by atoms with van der Waals surface area (Å²) in [5.41, 5.74) is 1.10. The van der Waals surface area contributed by atoms with E-state index in [4.69, 9.17) is 9.47 Å². The van der Waals surface area contributed by atoms with Crippen LogP contribution in [-0.4, -0.2) is 14.2 Å². The third-order valence-corrected chi connectivity index (χ3v) is 3.05. The van der Waals surface area contributed by atoms with Gasteiger partial charge in [0, 0.05) is 16.5 Å². The molecule has 0 saturated carbocycles. The van der Waals surface area contributed by atoms with Crippen molar-refractivity contribution in [1.82, 2.24) is 0 Å². The maximum Gasteiger partial charge on any atom is 0.136 e. The number of benzene rings is 1. The van der Waals surface area contributed by atoms with E-state index in [1.54, 1.807) is 14.2 Å². The summed E-state index contributed by atoms with van der Waals surface area (Å²) >= 11 is 6.95. The normalized spacial score (nSPS) is 12.4. The van der Waals surface area contributed by atoms with Crippen LogP contribution in [0.1, 0.15) is 17.3 Å². The lowest BCUT2D eigenvalue weighted by atomic mass is 10.1. The average molecular weight is 324 g/mol. The number of alkyl halides is 1. The van der Waals surface area contributed by atoms with Gasteiger partial charge in [-0.2, -0.15) is 0 Å². The summed E-state index contributed by atoms with van der Waals surface area (Å²) in [7, 11) is 3.29. The third-order valence-electron chi connectivity index (χ3n) is 1.93. The molecule has 0 aromatic heterocycles. The van der Waals surface area contributed by atoms with Crippen LogP contribution in [0.2, 0.25) is 0 Å². The maximum absolute atomic E-state index is 5.27. The monoisotopic (exact) mass is 322 g/mol. The van der Waals surface area contributed by atoms with Crippen molar-refractivity contribution in [2.75, 3.05) is 14.2 Å². The van der Waals surface area contributed by atoms with E-state index < -0.39 is 0 Å². The number of ether oxygens (including phenoxy) is 2. The van der Waals surface area contributed by atoms with E-state index in [1.165, 1.54) is 0 Å². The summed E-state index contributed by atoms with van der Waals surface area (Å²) in [5.74, 6) is 1.60. The molecule has 0 aliphatic carbocycles. The molecule has 78 valence electrons. The van der Waals surface area contributed by atoms with Crippen molar-refractivity contribution in [3.63, 3.8) is 0 Å². The molecule has 0 saturated heterocycles. The van der Waals surface area contributed by atoms with Gasteiger partial charge in [-0.3, -0.25) is 0 Å². The predicted molar refractivity (Wildman–Crippen MR) is 64.6 cm³/mol. The molecule has 14 heavy (non-hydrogen) atoms. The number of rotatable bonds is 3. The number of hydrogen-bond acceptors (Lipinski definition) is 2. The van der Waals surface area contributed by atoms with E-state index in [1.807, 2.05) is 12.1 Å². The first kappa shape index (κ1) is 11.9. The molecule has 1 rings (SSSR count). The van der Waals surface area contributed by atoms with Crippen molar-refractivity contribution in [3.8, 4) is 11.5 Å².